The number of nitrogen functional groups attached to an aromatic ring is 2. The molecule has 4 N–H and O–H groups in total. The fourth-order valence-electron chi connectivity index (χ4n) is 2.26. The Kier molecular flexibility index (Phi) is 3.09. The second kappa shape index (κ2) is 5.05. The number of pyridine rings is 1. The van der Waals surface area contributed by atoms with E-state index in [1.807, 2.05) is 60.7 Å². The van der Waals surface area contributed by atoms with Crippen LogP contribution in [-0.2, 0) is 0 Å². The topological polar surface area (TPSA) is 64.9 Å². The van der Waals surface area contributed by atoms with Crippen molar-refractivity contribution < 1.29 is 0 Å². The van der Waals surface area contributed by atoms with Crippen molar-refractivity contribution in [3.63, 3.8) is 0 Å². The van der Waals surface area contributed by atoms with Gasteiger partial charge in [-0.3, -0.25) is 4.98 Å². The van der Waals surface area contributed by atoms with Gasteiger partial charge in [-0.25, -0.2) is 0 Å². The third-order valence-electron chi connectivity index (χ3n) is 3.17. The summed E-state index contributed by atoms with van der Waals surface area (Å²) < 4.78 is 0. The maximum atomic E-state index is 5.87. The molecule has 0 fully saturated rings. The van der Waals surface area contributed by atoms with Gasteiger partial charge in [0.2, 0.25) is 0 Å². The molecule has 0 radical (unpaired) electrons. The van der Waals surface area contributed by atoms with E-state index in [9.17, 15) is 0 Å². The first-order valence-corrected chi connectivity index (χ1v) is 6.41. The van der Waals surface area contributed by atoms with Gasteiger partial charge in [-0.15, -0.1) is 0 Å². The Balaban J connectivity index is 2.18. The molecule has 1 heterocycles. The Labute approximate surface area is 117 Å². The molecule has 0 aliphatic rings. The van der Waals surface area contributed by atoms with Crippen LogP contribution < -0.4 is 11.5 Å². The number of benzene rings is 2. The summed E-state index contributed by atoms with van der Waals surface area (Å²) >= 11 is 0. The Morgan fingerprint density at radius 3 is 2.05 bits per heavy atom. The van der Waals surface area contributed by atoms with E-state index < -0.39 is 0 Å². The third-order valence-corrected chi connectivity index (χ3v) is 3.17. The Morgan fingerprint density at radius 2 is 1.35 bits per heavy atom. The molecule has 3 aromatic rings. The van der Waals surface area contributed by atoms with Crippen molar-refractivity contribution in [3.8, 4) is 22.4 Å². The first-order valence-electron chi connectivity index (χ1n) is 6.41. The number of anilines is 2. The molecule has 3 rings (SSSR count). The summed E-state index contributed by atoms with van der Waals surface area (Å²) in [5.74, 6) is 0. The molecule has 3 nitrogen and oxygen atoms in total. The standard InChI is InChI=1S/C17H15N3/c18-14-6-1-4-12(10-14)16-8-3-9-20-17(16)13-5-2-7-15(19)11-13/h1-11H,18-19H2. The van der Waals surface area contributed by atoms with Gasteiger partial charge in [0, 0.05) is 28.7 Å². The van der Waals surface area contributed by atoms with Crippen molar-refractivity contribution >= 4 is 11.4 Å². The summed E-state index contributed by atoms with van der Waals surface area (Å²) in [5.41, 5.74) is 17.2. The Bertz CT molecular complexity index is 686. The van der Waals surface area contributed by atoms with Crippen molar-refractivity contribution in [2.24, 2.45) is 0 Å². The number of hydrogen-bond donors (Lipinski definition) is 2. The van der Waals surface area contributed by atoms with E-state index in [0.717, 1.165) is 33.8 Å². The number of nitrogens with zero attached hydrogens (tertiary/aromatic N) is 1. The lowest BCUT2D eigenvalue weighted by atomic mass is 9.99. The monoisotopic (exact) mass is 261 g/mol. The molecule has 98 valence electrons. The molecule has 3 heteroatoms. The average Bonchev–Trinajstić information content (AvgIpc) is 2.47. The molecular weight excluding hydrogens is 246 g/mol. The van der Waals surface area contributed by atoms with Gasteiger partial charge >= 0.3 is 0 Å². The second-order valence-electron chi connectivity index (χ2n) is 4.65. The van der Waals surface area contributed by atoms with Crippen LogP contribution in [0.25, 0.3) is 22.4 Å². The molecule has 0 aliphatic carbocycles. The molecule has 1 aromatic heterocycles. The Morgan fingerprint density at radius 1 is 0.700 bits per heavy atom. The van der Waals surface area contributed by atoms with E-state index in [1.165, 1.54) is 0 Å². The summed E-state index contributed by atoms with van der Waals surface area (Å²) in [6.45, 7) is 0. The van der Waals surface area contributed by atoms with Crippen LogP contribution in [0.4, 0.5) is 11.4 Å². The molecule has 0 saturated heterocycles. The van der Waals surface area contributed by atoms with Crippen LogP contribution in [-0.4, -0.2) is 4.98 Å². The number of nitrogens with two attached hydrogens (primary N) is 2. The van der Waals surface area contributed by atoms with Crippen molar-refractivity contribution in [2.75, 3.05) is 11.5 Å². The predicted molar refractivity (Wildman–Crippen MR) is 83.9 cm³/mol. The van der Waals surface area contributed by atoms with Crippen molar-refractivity contribution in [2.45, 2.75) is 0 Å². The minimum atomic E-state index is 0.728. The molecule has 20 heavy (non-hydrogen) atoms. The van der Waals surface area contributed by atoms with Gasteiger partial charge in [0.25, 0.3) is 0 Å². The normalized spacial score (nSPS) is 10.4. The highest BCUT2D eigenvalue weighted by Crippen LogP contribution is 2.31. The number of rotatable bonds is 2. The SMILES string of the molecule is Nc1cccc(-c2cccnc2-c2cccc(N)c2)c1. The molecule has 2 aromatic carbocycles. The highest BCUT2D eigenvalue weighted by molar-refractivity contribution is 5.82. The van der Waals surface area contributed by atoms with Crippen LogP contribution in [0.3, 0.4) is 0 Å². The van der Waals surface area contributed by atoms with Gasteiger partial charge in [-0.2, -0.15) is 0 Å². The molecule has 0 atom stereocenters. The van der Waals surface area contributed by atoms with Crippen LogP contribution in [0.5, 0.6) is 0 Å². The van der Waals surface area contributed by atoms with Crippen LogP contribution in [0.1, 0.15) is 0 Å². The Hall–Kier alpha value is -2.81. The highest BCUT2D eigenvalue weighted by Gasteiger charge is 2.08. The average molecular weight is 261 g/mol. The minimum absolute atomic E-state index is 0.728. The van der Waals surface area contributed by atoms with E-state index in [-0.39, 0.29) is 0 Å². The first-order chi connectivity index (χ1) is 9.74. The molecule has 0 amide bonds. The van der Waals surface area contributed by atoms with Crippen molar-refractivity contribution in [1.82, 2.24) is 4.98 Å². The van der Waals surface area contributed by atoms with E-state index in [1.54, 1.807) is 6.20 Å². The maximum absolute atomic E-state index is 5.87. The van der Waals surface area contributed by atoms with Gasteiger partial charge in [0.05, 0.1) is 5.69 Å². The highest BCUT2D eigenvalue weighted by atomic mass is 14.7. The number of hydrogen-bond acceptors (Lipinski definition) is 3. The summed E-state index contributed by atoms with van der Waals surface area (Å²) in [7, 11) is 0. The van der Waals surface area contributed by atoms with E-state index in [2.05, 4.69) is 4.98 Å². The summed E-state index contributed by atoms with van der Waals surface area (Å²) in [6, 6.07) is 19.5. The first kappa shape index (κ1) is 12.2. The third kappa shape index (κ3) is 2.34. The van der Waals surface area contributed by atoms with Crippen LogP contribution in [0, 0.1) is 0 Å². The fraction of sp³-hybridized carbons (Fsp3) is 0. The molecule has 0 aliphatic heterocycles. The van der Waals surface area contributed by atoms with Gasteiger partial charge < -0.3 is 11.5 Å². The van der Waals surface area contributed by atoms with Gasteiger partial charge in [0.15, 0.2) is 0 Å². The molecule has 0 spiro atoms. The van der Waals surface area contributed by atoms with Gasteiger partial charge in [-0.1, -0.05) is 30.3 Å². The zero-order chi connectivity index (χ0) is 13.9. The largest absolute Gasteiger partial charge is 0.399 e. The number of aromatic nitrogens is 1. The zero-order valence-corrected chi connectivity index (χ0v) is 11.0. The molecule has 0 unspecified atom stereocenters. The van der Waals surface area contributed by atoms with Crippen molar-refractivity contribution in [1.29, 1.82) is 0 Å². The minimum Gasteiger partial charge on any atom is -0.399 e. The summed E-state index contributed by atoms with van der Waals surface area (Å²) in [4.78, 5) is 4.50. The van der Waals surface area contributed by atoms with Crippen LogP contribution in [0.15, 0.2) is 66.9 Å². The molecular formula is C17H15N3. The summed E-state index contributed by atoms with van der Waals surface area (Å²) in [5, 5.41) is 0. The quantitative estimate of drug-likeness (QED) is 0.693. The lowest BCUT2D eigenvalue weighted by Gasteiger charge is -2.10. The molecule has 0 saturated carbocycles. The lowest BCUT2D eigenvalue weighted by molar-refractivity contribution is 1.33. The van der Waals surface area contributed by atoms with Crippen LogP contribution >= 0.6 is 0 Å². The van der Waals surface area contributed by atoms with Gasteiger partial charge in [-0.05, 0) is 35.9 Å². The van der Waals surface area contributed by atoms with Crippen LogP contribution in [0.2, 0.25) is 0 Å². The predicted octanol–water partition coefficient (Wildman–Crippen LogP) is 3.58. The van der Waals surface area contributed by atoms with Crippen molar-refractivity contribution in [3.05, 3.63) is 66.9 Å². The lowest BCUT2D eigenvalue weighted by Crippen LogP contribution is -1.92. The molecule has 0 bridgehead atoms. The fourth-order valence-corrected chi connectivity index (χ4v) is 2.26. The summed E-state index contributed by atoms with van der Waals surface area (Å²) in [6.07, 6.45) is 1.79. The van der Waals surface area contributed by atoms with Gasteiger partial charge in [0.1, 0.15) is 0 Å². The smallest absolute Gasteiger partial charge is 0.0781 e. The zero-order valence-electron chi connectivity index (χ0n) is 11.0. The van der Waals surface area contributed by atoms with E-state index in [4.69, 9.17) is 11.5 Å². The maximum Gasteiger partial charge on any atom is 0.0781 e. The van der Waals surface area contributed by atoms with E-state index in [0.29, 0.717) is 0 Å². The second-order valence-corrected chi connectivity index (χ2v) is 4.65. The van der Waals surface area contributed by atoms with E-state index >= 15 is 0 Å².